The molecule has 2 N–H and O–H groups in total. The summed E-state index contributed by atoms with van der Waals surface area (Å²) in [4.78, 5) is 25.7. The number of benzene rings is 1. The van der Waals surface area contributed by atoms with Crippen LogP contribution in [-0.2, 0) is 4.79 Å². The van der Waals surface area contributed by atoms with Crippen molar-refractivity contribution in [3.8, 4) is 5.75 Å². The standard InChI is InChI=1S/C25H30FNO5/c26-20-8-22(32-12-25-9-13-3-14(10-25)5-16(25)4-13)18(15-1-2-15)7-19(20)23(29)27-11-17(28)6-21(27)24(30)31/h7-8,13-17,21,28H,1-6,9-12H2,(H,30,31)/t13?,14?,16?,17-,21-,25?/m1/s1. The van der Waals surface area contributed by atoms with E-state index in [0.717, 1.165) is 41.1 Å². The minimum absolute atomic E-state index is 0.0371. The lowest BCUT2D eigenvalue weighted by Crippen LogP contribution is -2.41. The molecule has 32 heavy (non-hydrogen) atoms. The molecule has 6 fully saturated rings. The average molecular weight is 444 g/mol. The van der Waals surface area contributed by atoms with Crippen LogP contribution in [0.4, 0.5) is 4.39 Å². The van der Waals surface area contributed by atoms with Gasteiger partial charge in [-0.2, -0.15) is 0 Å². The summed E-state index contributed by atoms with van der Waals surface area (Å²) < 4.78 is 21.5. The molecular weight excluding hydrogens is 413 g/mol. The van der Waals surface area contributed by atoms with Gasteiger partial charge >= 0.3 is 5.97 Å². The van der Waals surface area contributed by atoms with E-state index in [9.17, 15) is 19.8 Å². The summed E-state index contributed by atoms with van der Waals surface area (Å²) in [7, 11) is 0. The van der Waals surface area contributed by atoms with E-state index in [1.54, 1.807) is 6.07 Å². The second-order valence-electron chi connectivity index (χ2n) is 11.0. The second-order valence-corrected chi connectivity index (χ2v) is 11.0. The maximum atomic E-state index is 15.1. The molecule has 0 radical (unpaired) electrons. The predicted molar refractivity (Wildman–Crippen MR) is 113 cm³/mol. The number of aliphatic hydroxyl groups is 1. The Morgan fingerprint density at radius 3 is 2.50 bits per heavy atom. The number of aliphatic hydroxyl groups excluding tert-OH is 1. The molecule has 7 rings (SSSR count). The largest absolute Gasteiger partial charge is 0.493 e. The van der Waals surface area contributed by atoms with E-state index in [1.165, 1.54) is 38.2 Å². The van der Waals surface area contributed by atoms with Crippen LogP contribution in [0.5, 0.6) is 5.75 Å². The van der Waals surface area contributed by atoms with Crippen LogP contribution in [0.15, 0.2) is 12.1 Å². The number of carboxylic acid groups (broad SMARTS) is 1. The van der Waals surface area contributed by atoms with Gasteiger partial charge in [0.2, 0.25) is 0 Å². The molecule has 1 saturated heterocycles. The summed E-state index contributed by atoms with van der Waals surface area (Å²) >= 11 is 0. The van der Waals surface area contributed by atoms with E-state index in [-0.39, 0.29) is 29.9 Å². The highest BCUT2D eigenvalue weighted by molar-refractivity contribution is 5.97. The number of halogens is 1. The smallest absolute Gasteiger partial charge is 0.326 e. The number of likely N-dealkylation sites (tertiary alicyclic amines) is 1. The summed E-state index contributed by atoms with van der Waals surface area (Å²) in [5, 5.41) is 19.3. The average Bonchev–Trinajstić information content (AvgIpc) is 3.40. The van der Waals surface area contributed by atoms with Gasteiger partial charge in [0.25, 0.3) is 5.91 Å². The Labute approximate surface area is 186 Å². The number of β-amino-alcohol motifs (C(OH)–C–C–N with tert-alkyl or cyclic N) is 1. The third-order valence-electron chi connectivity index (χ3n) is 8.85. The van der Waals surface area contributed by atoms with Crippen molar-refractivity contribution in [1.29, 1.82) is 0 Å². The molecule has 0 spiro atoms. The highest BCUT2D eigenvalue weighted by Gasteiger charge is 2.58. The molecule has 2 unspecified atom stereocenters. The number of carboxylic acids is 1. The Morgan fingerprint density at radius 2 is 1.84 bits per heavy atom. The Morgan fingerprint density at radius 1 is 1.12 bits per heavy atom. The molecule has 0 aromatic heterocycles. The molecule has 6 aliphatic rings. The molecule has 7 heteroatoms. The lowest BCUT2D eigenvalue weighted by atomic mass is 9.76. The molecule has 1 amide bonds. The fraction of sp³-hybridized carbons (Fsp3) is 0.680. The molecular formula is C25H30FNO5. The first kappa shape index (κ1) is 20.5. The highest BCUT2D eigenvalue weighted by atomic mass is 19.1. The SMILES string of the molecule is O=C(O)[C@H]1C[C@@H](O)CN1C(=O)c1cc(C2CC2)c(OCC23CC4CC(CC2C4)C3)cc1F. The molecule has 172 valence electrons. The van der Waals surface area contributed by atoms with Gasteiger partial charge in [0.05, 0.1) is 18.3 Å². The van der Waals surface area contributed by atoms with Crippen molar-refractivity contribution in [2.24, 2.45) is 23.2 Å². The third kappa shape index (κ3) is 3.23. The summed E-state index contributed by atoms with van der Waals surface area (Å²) in [6, 6.07) is 1.77. The van der Waals surface area contributed by atoms with Crippen LogP contribution in [0.3, 0.4) is 0 Å². The van der Waals surface area contributed by atoms with Crippen molar-refractivity contribution in [2.45, 2.75) is 69.4 Å². The van der Waals surface area contributed by atoms with Crippen LogP contribution in [0, 0.1) is 29.0 Å². The van der Waals surface area contributed by atoms with Crippen molar-refractivity contribution in [2.75, 3.05) is 13.2 Å². The maximum Gasteiger partial charge on any atom is 0.326 e. The molecule has 1 aromatic carbocycles. The monoisotopic (exact) mass is 443 g/mol. The van der Waals surface area contributed by atoms with E-state index < -0.39 is 29.8 Å². The van der Waals surface area contributed by atoms with Crippen LogP contribution in [0.2, 0.25) is 0 Å². The van der Waals surface area contributed by atoms with E-state index in [0.29, 0.717) is 12.4 Å². The number of amides is 1. The highest BCUT2D eigenvalue weighted by Crippen LogP contribution is 2.65. The number of carbonyl (C=O) groups excluding carboxylic acids is 1. The van der Waals surface area contributed by atoms with Gasteiger partial charge in [0, 0.05) is 24.4 Å². The van der Waals surface area contributed by atoms with E-state index >= 15 is 4.39 Å². The van der Waals surface area contributed by atoms with Crippen LogP contribution in [-0.4, -0.2) is 52.3 Å². The van der Waals surface area contributed by atoms with Gasteiger partial charge in [0.15, 0.2) is 0 Å². The van der Waals surface area contributed by atoms with E-state index in [1.807, 2.05) is 0 Å². The van der Waals surface area contributed by atoms with Gasteiger partial charge < -0.3 is 19.8 Å². The Bertz CT molecular complexity index is 961. The number of aliphatic carboxylic acids is 1. The Kier molecular flexibility index (Phi) is 4.59. The summed E-state index contributed by atoms with van der Waals surface area (Å²) in [6.45, 7) is 0.523. The van der Waals surface area contributed by atoms with Crippen molar-refractivity contribution >= 4 is 11.9 Å². The zero-order chi connectivity index (χ0) is 22.2. The van der Waals surface area contributed by atoms with Crippen molar-refractivity contribution < 1.29 is 28.9 Å². The van der Waals surface area contributed by atoms with Crippen LogP contribution in [0.1, 0.15) is 73.2 Å². The van der Waals surface area contributed by atoms with Crippen LogP contribution < -0.4 is 4.74 Å². The van der Waals surface area contributed by atoms with Crippen LogP contribution in [0.25, 0.3) is 0 Å². The Hall–Kier alpha value is -2.15. The van der Waals surface area contributed by atoms with Gasteiger partial charge in [-0.25, -0.2) is 9.18 Å². The normalized spacial score (nSPS) is 37.3. The minimum atomic E-state index is -1.18. The molecule has 4 bridgehead atoms. The summed E-state index contributed by atoms with van der Waals surface area (Å²) in [6.07, 6.45) is 7.43. The molecule has 5 saturated carbocycles. The van der Waals surface area contributed by atoms with Gasteiger partial charge in [-0.3, -0.25) is 4.79 Å². The lowest BCUT2D eigenvalue weighted by Gasteiger charge is -2.33. The predicted octanol–water partition coefficient (Wildman–Crippen LogP) is 3.57. The first-order chi connectivity index (χ1) is 15.3. The molecule has 6 nitrogen and oxygen atoms in total. The topological polar surface area (TPSA) is 87.1 Å². The van der Waals surface area contributed by atoms with Crippen LogP contribution >= 0.6 is 0 Å². The van der Waals surface area contributed by atoms with E-state index in [4.69, 9.17) is 4.74 Å². The van der Waals surface area contributed by atoms with Gasteiger partial charge in [-0.05, 0) is 80.2 Å². The van der Waals surface area contributed by atoms with Crippen molar-refractivity contribution in [3.05, 3.63) is 29.1 Å². The first-order valence-corrected chi connectivity index (χ1v) is 12.0. The number of nitrogens with zero attached hydrogens (tertiary/aromatic N) is 1. The van der Waals surface area contributed by atoms with Gasteiger partial charge in [-0.1, -0.05) is 0 Å². The van der Waals surface area contributed by atoms with Gasteiger partial charge in [-0.15, -0.1) is 0 Å². The fourth-order valence-electron chi connectivity index (χ4n) is 7.42. The number of hydrogen-bond acceptors (Lipinski definition) is 4. The Balaban J connectivity index is 1.26. The summed E-state index contributed by atoms with van der Waals surface area (Å²) in [5.41, 5.74) is 0.967. The number of ether oxygens (including phenoxy) is 1. The number of carbonyl (C=O) groups is 2. The fourth-order valence-corrected chi connectivity index (χ4v) is 7.42. The zero-order valence-corrected chi connectivity index (χ0v) is 18.1. The number of hydrogen-bond donors (Lipinski definition) is 2. The molecule has 1 aromatic rings. The molecule has 1 heterocycles. The van der Waals surface area contributed by atoms with Gasteiger partial charge in [0.1, 0.15) is 17.6 Å². The molecule has 4 atom stereocenters. The number of rotatable bonds is 6. The molecule has 1 aliphatic heterocycles. The first-order valence-electron chi connectivity index (χ1n) is 12.0. The quantitative estimate of drug-likeness (QED) is 0.702. The second kappa shape index (κ2) is 7.17. The van der Waals surface area contributed by atoms with Crippen molar-refractivity contribution in [3.63, 3.8) is 0 Å². The lowest BCUT2D eigenvalue weighted by molar-refractivity contribution is -0.141. The summed E-state index contributed by atoms with van der Waals surface area (Å²) in [5.74, 6) is 0.639. The zero-order valence-electron chi connectivity index (χ0n) is 18.1. The minimum Gasteiger partial charge on any atom is -0.493 e. The maximum absolute atomic E-state index is 15.1. The van der Waals surface area contributed by atoms with E-state index in [2.05, 4.69) is 0 Å². The third-order valence-corrected chi connectivity index (χ3v) is 8.85. The molecule has 5 aliphatic carbocycles. The van der Waals surface area contributed by atoms with Crippen molar-refractivity contribution in [1.82, 2.24) is 4.90 Å².